The van der Waals surface area contributed by atoms with E-state index < -0.39 is 11.8 Å². The molecule has 0 saturated heterocycles. The van der Waals surface area contributed by atoms with Gasteiger partial charge in [0.15, 0.2) is 6.61 Å². The first-order chi connectivity index (χ1) is 13.0. The molecule has 138 valence electrons. The number of carbonyl (C=O) groups excluding carboxylic acids is 3. The third-order valence-corrected chi connectivity index (χ3v) is 4.04. The second-order valence-corrected chi connectivity index (χ2v) is 5.96. The molecule has 0 unspecified atom stereocenters. The third kappa shape index (κ3) is 4.52. The van der Waals surface area contributed by atoms with Crippen molar-refractivity contribution in [3.05, 3.63) is 65.7 Å². The van der Waals surface area contributed by atoms with Crippen molar-refractivity contribution in [1.29, 1.82) is 0 Å². The van der Waals surface area contributed by atoms with Crippen molar-refractivity contribution in [3.8, 4) is 5.75 Å². The molecule has 3 amide bonds. The lowest BCUT2D eigenvalue weighted by molar-refractivity contribution is -0.127. The standard InChI is InChI=1S/C20H19N3O4/c1-14-6-2-3-7-15(14)10-11-18(24)21-22-19(25)12-23-16-8-4-5-9-17(16)27-13-20(23)26/h2-11H,12-13H2,1H3,(H,21,24)(H,22,25)/b11-10+. The summed E-state index contributed by atoms with van der Waals surface area (Å²) >= 11 is 0. The van der Waals surface area contributed by atoms with E-state index in [1.54, 1.807) is 30.3 Å². The summed E-state index contributed by atoms with van der Waals surface area (Å²) in [5, 5.41) is 0. The molecule has 0 fully saturated rings. The molecular formula is C20H19N3O4. The van der Waals surface area contributed by atoms with Gasteiger partial charge in [0.05, 0.1) is 5.69 Å². The van der Waals surface area contributed by atoms with Gasteiger partial charge in [-0.1, -0.05) is 36.4 Å². The summed E-state index contributed by atoms with van der Waals surface area (Å²) in [6.45, 7) is 1.59. The van der Waals surface area contributed by atoms with E-state index in [1.807, 2.05) is 31.2 Å². The molecule has 2 N–H and O–H groups in total. The summed E-state index contributed by atoms with van der Waals surface area (Å²) in [6, 6.07) is 14.6. The second kappa shape index (κ2) is 8.18. The van der Waals surface area contributed by atoms with E-state index in [2.05, 4.69) is 10.9 Å². The SMILES string of the molecule is Cc1ccccc1/C=C/C(=O)NNC(=O)CN1C(=O)COc2ccccc21. The number of anilines is 1. The zero-order valence-corrected chi connectivity index (χ0v) is 14.8. The summed E-state index contributed by atoms with van der Waals surface area (Å²) in [6.07, 6.45) is 3.00. The van der Waals surface area contributed by atoms with Gasteiger partial charge in [-0.25, -0.2) is 0 Å². The van der Waals surface area contributed by atoms with E-state index in [0.29, 0.717) is 11.4 Å². The van der Waals surface area contributed by atoms with Crippen molar-refractivity contribution in [1.82, 2.24) is 10.9 Å². The molecule has 0 aromatic heterocycles. The molecular weight excluding hydrogens is 346 g/mol. The Morgan fingerprint density at radius 2 is 1.85 bits per heavy atom. The monoisotopic (exact) mass is 365 g/mol. The number of hydrogen-bond donors (Lipinski definition) is 2. The van der Waals surface area contributed by atoms with Crippen LogP contribution in [0, 0.1) is 6.92 Å². The minimum Gasteiger partial charge on any atom is -0.482 e. The number of ether oxygens (including phenoxy) is 1. The van der Waals surface area contributed by atoms with Gasteiger partial charge >= 0.3 is 0 Å². The van der Waals surface area contributed by atoms with Crippen molar-refractivity contribution in [2.45, 2.75) is 6.92 Å². The van der Waals surface area contributed by atoms with Gasteiger partial charge in [0, 0.05) is 6.08 Å². The number of amides is 3. The lowest BCUT2D eigenvalue weighted by Crippen LogP contribution is -2.49. The lowest BCUT2D eigenvalue weighted by Gasteiger charge is -2.28. The Hall–Kier alpha value is -3.61. The fourth-order valence-electron chi connectivity index (χ4n) is 2.62. The average molecular weight is 365 g/mol. The van der Waals surface area contributed by atoms with Crippen LogP contribution in [0.4, 0.5) is 5.69 Å². The number of rotatable bonds is 4. The average Bonchev–Trinajstić information content (AvgIpc) is 2.68. The molecule has 0 radical (unpaired) electrons. The number of benzene rings is 2. The fraction of sp³-hybridized carbons (Fsp3) is 0.150. The molecule has 3 rings (SSSR count). The first-order valence-electron chi connectivity index (χ1n) is 8.39. The van der Waals surface area contributed by atoms with E-state index >= 15 is 0 Å². The molecule has 2 aromatic carbocycles. The number of nitrogens with zero attached hydrogens (tertiary/aromatic N) is 1. The molecule has 1 aliphatic rings. The molecule has 7 heteroatoms. The van der Waals surface area contributed by atoms with Gasteiger partial charge in [0.1, 0.15) is 12.3 Å². The van der Waals surface area contributed by atoms with Gasteiger partial charge in [-0.3, -0.25) is 30.1 Å². The quantitative estimate of drug-likeness (QED) is 0.636. The normalized spacial score (nSPS) is 13.1. The Morgan fingerprint density at radius 1 is 1.11 bits per heavy atom. The highest BCUT2D eigenvalue weighted by atomic mass is 16.5. The number of fused-ring (bicyclic) bond motifs is 1. The van der Waals surface area contributed by atoms with E-state index in [9.17, 15) is 14.4 Å². The molecule has 1 aliphatic heterocycles. The minimum absolute atomic E-state index is 0.129. The van der Waals surface area contributed by atoms with Crippen molar-refractivity contribution in [2.75, 3.05) is 18.1 Å². The Balaban J connectivity index is 1.55. The number of para-hydroxylation sites is 2. The number of hydrogen-bond acceptors (Lipinski definition) is 4. The summed E-state index contributed by atoms with van der Waals surface area (Å²) in [5.74, 6) is -0.775. The van der Waals surface area contributed by atoms with E-state index in [4.69, 9.17) is 4.74 Å². The highest BCUT2D eigenvalue weighted by molar-refractivity contribution is 6.02. The predicted molar refractivity (Wildman–Crippen MR) is 101 cm³/mol. The van der Waals surface area contributed by atoms with Crippen LogP contribution >= 0.6 is 0 Å². The van der Waals surface area contributed by atoms with Crippen molar-refractivity contribution >= 4 is 29.5 Å². The van der Waals surface area contributed by atoms with Crippen molar-refractivity contribution in [3.63, 3.8) is 0 Å². The minimum atomic E-state index is -0.516. The van der Waals surface area contributed by atoms with Gasteiger partial charge in [-0.05, 0) is 36.3 Å². The van der Waals surface area contributed by atoms with Crippen LogP contribution in [0.25, 0.3) is 6.08 Å². The van der Waals surface area contributed by atoms with Crippen LogP contribution in [-0.2, 0) is 14.4 Å². The van der Waals surface area contributed by atoms with Crippen LogP contribution in [0.5, 0.6) is 5.75 Å². The Bertz CT molecular complexity index is 908. The smallest absolute Gasteiger partial charge is 0.265 e. The molecule has 0 aliphatic carbocycles. The molecule has 2 aromatic rings. The maximum absolute atomic E-state index is 12.1. The highest BCUT2D eigenvalue weighted by Gasteiger charge is 2.26. The van der Waals surface area contributed by atoms with Gasteiger partial charge in [-0.15, -0.1) is 0 Å². The van der Waals surface area contributed by atoms with E-state index in [1.165, 1.54) is 11.0 Å². The summed E-state index contributed by atoms with van der Waals surface area (Å²) in [7, 11) is 0. The first-order valence-corrected chi connectivity index (χ1v) is 8.39. The number of carbonyl (C=O) groups is 3. The molecule has 0 saturated carbocycles. The Morgan fingerprint density at radius 3 is 2.67 bits per heavy atom. The predicted octanol–water partition coefficient (Wildman–Crippen LogP) is 1.58. The van der Waals surface area contributed by atoms with Gasteiger partial charge in [-0.2, -0.15) is 0 Å². The second-order valence-electron chi connectivity index (χ2n) is 5.96. The lowest BCUT2D eigenvalue weighted by atomic mass is 10.1. The molecule has 1 heterocycles. The molecule has 0 bridgehead atoms. The number of aryl methyl sites for hydroxylation is 1. The number of nitrogens with one attached hydrogen (secondary N) is 2. The largest absolute Gasteiger partial charge is 0.482 e. The van der Waals surface area contributed by atoms with Crippen LogP contribution in [-0.4, -0.2) is 30.9 Å². The van der Waals surface area contributed by atoms with Crippen LogP contribution in [0.15, 0.2) is 54.6 Å². The van der Waals surface area contributed by atoms with Crippen LogP contribution < -0.4 is 20.5 Å². The third-order valence-electron chi connectivity index (χ3n) is 4.04. The maximum atomic E-state index is 12.1. The molecule has 27 heavy (non-hydrogen) atoms. The van der Waals surface area contributed by atoms with Crippen LogP contribution in [0.3, 0.4) is 0 Å². The molecule has 0 spiro atoms. The summed E-state index contributed by atoms with van der Waals surface area (Å²) in [5.41, 5.74) is 7.09. The number of hydrazine groups is 1. The summed E-state index contributed by atoms with van der Waals surface area (Å²) < 4.78 is 5.33. The van der Waals surface area contributed by atoms with Gasteiger partial charge in [0.25, 0.3) is 17.7 Å². The maximum Gasteiger partial charge on any atom is 0.265 e. The van der Waals surface area contributed by atoms with Gasteiger partial charge in [0.2, 0.25) is 0 Å². The zero-order valence-electron chi connectivity index (χ0n) is 14.8. The zero-order chi connectivity index (χ0) is 19.2. The molecule has 0 atom stereocenters. The Labute approximate surface area is 156 Å². The summed E-state index contributed by atoms with van der Waals surface area (Å²) in [4.78, 5) is 37.4. The van der Waals surface area contributed by atoms with Crippen molar-refractivity contribution in [2.24, 2.45) is 0 Å². The van der Waals surface area contributed by atoms with Crippen LogP contribution in [0.2, 0.25) is 0 Å². The molecule has 7 nitrogen and oxygen atoms in total. The highest BCUT2D eigenvalue weighted by Crippen LogP contribution is 2.31. The van der Waals surface area contributed by atoms with E-state index in [0.717, 1.165) is 11.1 Å². The first kappa shape index (κ1) is 18.2. The van der Waals surface area contributed by atoms with E-state index in [-0.39, 0.29) is 19.1 Å². The van der Waals surface area contributed by atoms with Crippen LogP contribution in [0.1, 0.15) is 11.1 Å². The van der Waals surface area contributed by atoms with Crippen molar-refractivity contribution < 1.29 is 19.1 Å². The Kier molecular flexibility index (Phi) is 5.51. The van der Waals surface area contributed by atoms with Gasteiger partial charge < -0.3 is 4.74 Å². The topological polar surface area (TPSA) is 87.7 Å². The fourth-order valence-corrected chi connectivity index (χ4v) is 2.62.